The molecule has 2 saturated carbocycles. The van der Waals surface area contributed by atoms with E-state index in [1.54, 1.807) is 0 Å². The van der Waals surface area contributed by atoms with Gasteiger partial charge in [0, 0.05) is 24.6 Å². The van der Waals surface area contributed by atoms with E-state index in [4.69, 9.17) is 9.47 Å². The minimum Gasteiger partial charge on any atom is -0.378 e. The van der Waals surface area contributed by atoms with Crippen LogP contribution in [-0.4, -0.2) is 50.5 Å². The van der Waals surface area contributed by atoms with Gasteiger partial charge in [0.25, 0.3) is 0 Å². The van der Waals surface area contributed by atoms with Crippen molar-refractivity contribution in [2.75, 3.05) is 26.4 Å². The predicted octanol–water partition coefficient (Wildman–Crippen LogP) is 1.64. The van der Waals surface area contributed by atoms with Gasteiger partial charge in [-0.05, 0) is 26.2 Å². The largest absolute Gasteiger partial charge is 0.378 e. The highest BCUT2D eigenvalue weighted by Crippen LogP contribution is 2.53. The molecule has 0 aromatic rings. The summed E-state index contributed by atoms with van der Waals surface area (Å²) in [6.07, 6.45) is 7.53. The summed E-state index contributed by atoms with van der Waals surface area (Å²) in [5, 5.41) is 6.51. The second kappa shape index (κ2) is 7.95. The highest BCUT2D eigenvalue weighted by Gasteiger charge is 2.56. The number of morpholine rings is 1. The summed E-state index contributed by atoms with van der Waals surface area (Å²) < 4.78 is 11.3. The lowest BCUT2D eigenvalue weighted by atomic mass is 9.55. The van der Waals surface area contributed by atoms with Crippen LogP contribution in [0.15, 0.2) is 0 Å². The zero-order chi connectivity index (χ0) is 14.7. The van der Waals surface area contributed by atoms with Crippen molar-refractivity contribution in [1.82, 2.24) is 10.6 Å². The lowest BCUT2D eigenvalue weighted by molar-refractivity contribution is -0.158. The Kier molecular flexibility index (Phi) is 6.50. The first-order valence-corrected chi connectivity index (χ1v) is 8.49. The van der Waals surface area contributed by atoms with Crippen molar-refractivity contribution in [3.8, 4) is 0 Å². The van der Waals surface area contributed by atoms with Crippen LogP contribution < -0.4 is 10.6 Å². The molecule has 0 bridgehead atoms. The molecule has 1 heterocycles. The van der Waals surface area contributed by atoms with E-state index in [2.05, 4.69) is 17.6 Å². The number of carbonyl (C=O) groups is 1. The van der Waals surface area contributed by atoms with E-state index in [0.717, 1.165) is 19.6 Å². The molecule has 5 nitrogen and oxygen atoms in total. The molecule has 3 aliphatic rings. The van der Waals surface area contributed by atoms with Gasteiger partial charge in [-0.25, -0.2) is 0 Å². The van der Waals surface area contributed by atoms with Crippen LogP contribution in [-0.2, 0) is 14.3 Å². The molecule has 3 unspecified atom stereocenters. The van der Waals surface area contributed by atoms with Crippen molar-refractivity contribution in [2.24, 2.45) is 5.41 Å². The number of halogens is 1. The summed E-state index contributed by atoms with van der Waals surface area (Å²) in [7, 11) is 0. The SMILES string of the molecule is CCOC1CC(NC(=O)C2COCCN2)C12CCCCC2.Cl. The van der Waals surface area contributed by atoms with E-state index in [-0.39, 0.29) is 35.8 Å². The summed E-state index contributed by atoms with van der Waals surface area (Å²) in [4.78, 5) is 12.4. The Hall–Kier alpha value is -0.360. The standard InChI is InChI=1S/C16H28N2O3.ClH/c1-2-21-14-10-13(16(14)6-4-3-5-7-16)18-15(19)12-11-20-9-8-17-12;/h12-14,17H,2-11H2,1H3,(H,18,19);1H. The minimum absolute atomic E-state index is 0. The highest BCUT2D eigenvalue weighted by molar-refractivity contribution is 5.85. The maximum absolute atomic E-state index is 12.4. The third-order valence-corrected chi connectivity index (χ3v) is 5.49. The molecule has 22 heavy (non-hydrogen) atoms. The van der Waals surface area contributed by atoms with Gasteiger partial charge >= 0.3 is 0 Å². The number of hydrogen-bond acceptors (Lipinski definition) is 4. The van der Waals surface area contributed by atoms with Crippen LogP contribution in [0, 0.1) is 5.41 Å². The molecule has 2 N–H and O–H groups in total. The molecule has 2 aliphatic carbocycles. The van der Waals surface area contributed by atoms with E-state index in [0.29, 0.717) is 19.3 Å². The van der Waals surface area contributed by atoms with Gasteiger partial charge in [0.2, 0.25) is 5.91 Å². The van der Waals surface area contributed by atoms with Gasteiger partial charge in [0.05, 0.1) is 19.3 Å². The zero-order valence-corrected chi connectivity index (χ0v) is 14.3. The van der Waals surface area contributed by atoms with Crippen molar-refractivity contribution in [3.63, 3.8) is 0 Å². The van der Waals surface area contributed by atoms with Crippen LogP contribution in [0.4, 0.5) is 0 Å². The molecule has 128 valence electrons. The summed E-state index contributed by atoms with van der Waals surface area (Å²) in [6.45, 7) is 4.77. The second-order valence-electron chi connectivity index (χ2n) is 6.62. The van der Waals surface area contributed by atoms with Gasteiger partial charge in [-0.2, -0.15) is 0 Å². The summed E-state index contributed by atoms with van der Waals surface area (Å²) in [5.41, 5.74) is 0.194. The van der Waals surface area contributed by atoms with E-state index in [9.17, 15) is 4.79 Å². The Morgan fingerprint density at radius 3 is 2.77 bits per heavy atom. The zero-order valence-electron chi connectivity index (χ0n) is 13.4. The quantitative estimate of drug-likeness (QED) is 0.821. The Bertz CT molecular complexity index is 368. The second-order valence-corrected chi connectivity index (χ2v) is 6.62. The average molecular weight is 333 g/mol. The molecule has 3 fully saturated rings. The van der Waals surface area contributed by atoms with Crippen LogP contribution in [0.1, 0.15) is 45.4 Å². The van der Waals surface area contributed by atoms with Crippen LogP contribution in [0.25, 0.3) is 0 Å². The molecule has 6 heteroatoms. The molecule has 3 atom stereocenters. The Morgan fingerprint density at radius 2 is 2.14 bits per heavy atom. The average Bonchev–Trinajstić information content (AvgIpc) is 2.55. The first-order valence-electron chi connectivity index (χ1n) is 8.49. The summed E-state index contributed by atoms with van der Waals surface area (Å²) in [6, 6.07) is 0.0936. The van der Waals surface area contributed by atoms with Crippen molar-refractivity contribution in [3.05, 3.63) is 0 Å². The lowest BCUT2D eigenvalue weighted by Gasteiger charge is -2.57. The lowest BCUT2D eigenvalue weighted by Crippen LogP contribution is -2.67. The smallest absolute Gasteiger partial charge is 0.239 e. The number of nitrogens with one attached hydrogen (secondary N) is 2. The number of carbonyl (C=O) groups excluding carboxylic acids is 1. The normalized spacial score (nSPS) is 33.6. The first-order chi connectivity index (χ1) is 10.3. The Labute approximate surface area is 139 Å². The van der Waals surface area contributed by atoms with Crippen molar-refractivity contribution >= 4 is 18.3 Å². The van der Waals surface area contributed by atoms with Gasteiger partial charge in [-0.15, -0.1) is 12.4 Å². The molecule has 1 saturated heterocycles. The van der Waals surface area contributed by atoms with E-state index in [1.165, 1.54) is 32.1 Å². The monoisotopic (exact) mass is 332 g/mol. The Morgan fingerprint density at radius 1 is 1.36 bits per heavy atom. The fourth-order valence-corrected chi connectivity index (χ4v) is 4.27. The fraction of sp³-hybridized carbons (Fsp3) is 0.938. The van der Waals surface area contributed by atoms with E-state index in [1.807, 2.05) is 0 Å². The molecular weight excluding hydrogens is 304 g/mol. The molecule has 1 amide bonds. The predicted molar refractivity (Wildman–Crippen MR) is 87.3 cm³/mol. The van der Waals surface area contributed by atoms with Crippen molar-refractivity contribution < 1.29 is 14.3 Å². The van der Waals surface area contributed by atoms with Gasteiger partial charge in [-0.3, -0.25) is 4.79 Å². The molecule has 0 aromatic carbocycles. The van der Waals surface area contributed by atoms with Gasteiger partial charge in [0.15, 0.2) is 0 Å². The third kappa shape index (κ3) is 3.42. The molecule has 1 spiro atoms. The molecule has 1 aliphatic heterocycles. The highest BCUT2D eigenvalue weighted by atomic mass is 35.5. The van der Waals surface area contributed by atoms with Gasteiger partial charge in [-0.1, -0.05) is 19.3 Å². The van der Waals surface area contributed by atoms with Crippen LogP contribution in [0.2, 0.25) is 0 Å². The van der Waals surface area contributed by atoms with Crippen LogP contribution in [0.5, 0.6) is 0 Å². The van der Waals surface area contributed by atoms with E-state index >= 15 is 0 Å². The summed E-state index contributed by atoms with van der Waals surface area (Å²) >= 11 is 0. The van der Waals surface area contributed by atoms with Gasteiger partial charge in [0.1, 0.15) is 6.04 Å². The molecule has 0 aromatic heterocycles. The van der Waals surface area contributed by atoms with E-state index < -0.39 is 0 Å². The van der Waals surface area contributed by atoms with Crippen molar-refractivity contribution in [2.45, 2.75) is 63.6 Å². The summed E-state index contributed by atoms with van der Waals surface area (Å²) in [5.74, 6) is 0.0968. The maximum atomic E-state index is 12.4. The third-order valence-electron chi connectivity index (χ3n) is 5.49. The Balaban J connectivity index is 0.00000176. The number of rotatable bonds is 4. The van der Waals surface area contributed by atoms with Crippen LogP contribution >= 0.6 is 12.4 Å². The fourth-order valence-electron chi connectivity index (χ4n) is 4.27. The van der Waals surface area contributed by atoms with Crippen molar-refractivity contribution in [1.29, 1.82) is 0 Å². The number of amides is 1. The van der Waals surface area contributed by atoms with Gasteiger partial charge < -0.3 is 20.1 Å². The number of hydrogen-bond donors (Lipinski definition) is 2. The number of ether oxygens (including phenoxy) is 2. The first kappa shape index (κ1) is 18.0. The molecular formula is C16H29ClN2O3. The topological polar surface area (TPSA) is 59.6 Å². The molecule has 3 rings (SSSR count). The maximum Gasteiger partial charge on any atom is 0.239 e. The minimum atomic E-state index is -0.189. The van der Waals surface area contributed by atoms with Crippen LogP contribution in [0.3, 0.4) is 0 Å². The molecule has 0 radical (unpaired) electrons.